The molecule has 0 bridgehead atoms. The van der Waals surface area contributed by atoms with Crippen molar-refractivity contribution in [2.24, 2.45) is 0 Å². The number of aromatic nitrogens is 3. The van der Waals surface area contributed by atoms with Crippen molar-refractivity contribution in [3.05, 3.63) is 23.5 Å². The van der Waals surface area contributed by atoms with Crippen molar-refractivity contribution in [1.29, 1.82) is 0 Å². The minimum Gasteiger partial charge on any atom is -0.331 e. The van der Waals surface area contributed by atoms with E-state index in [-0.39, 0.29) is 23.5 Å². The number of nitrogens with one attached hydrogen (secondary N) is 1. The summed E-state index contributed by atoms with van der Waals surface area (Å²) in [4.78, 5) is 19.6. The van der Waals surface area contributed by atoms with Gasteiger partial charge in [-0.15, -0.1) is 11.3 Å². The van der Waals surface area contributed by atoms with E-state index in [0.717, 1.165) is 30.1 Å². The van der Waals surface area contributed by atoms with E-state index in [2.05, 4.69) is 50.0 Å². The molecule has 0 aromatic carbocycles. The molecule has 6 nitrogen and oxygen atoms in total. The zero-order valence-corrected chi connectivity index (χ0v) is 16.4. The third-order valence-electron chi connectivity index (χ3n) is 4.46. The summed E-state index contributed by atoms with van der Waals surface area (Å²) in [6.45, 7) is 12.3. The zero-order valence-electron chi connectivity index (χ0n) is 15.6. The summed E-state index contributed by atoms with van der Waals surface area (Å²) in [6, 6.07) is 0.410. The second-order valence-corrected chi connectivity index (χ2v) is 8.69. The van der Waals surface area contributed by atoms with E-state index >= 15 is 0 Å². The molecule has 0 saturated carbocycles. The summed E-state index contributed by atoms with van der Waals surface area (Å²) >= 11 is 1.50. The second-order valence-electron chi connectivity index (χ2n) is 7.84. The predicted octanol–water partition coefficient (Wildman–Crippen LogP) is 2.97. The lowest BCUT2D eigenvalue weighted by Gasteiger charge is -2.31. The summed E-state index contributed by atoms with van der Waals surface area (Å²) in [5, 5.41) is 10.5. The van der Waals surface area contributed by atoms with Gasteiger partial charge in [-0.3, -0.25) is 9.48 Å². The first-order valence-corrected chi connectivity index (χ1v) is 9.70. The predicted molar refractivity (Wildman–Crippen MR) is 101 cm³/mol. The fourth-order valence-corrected chi connectivity index (χ4v) is 3.91. The maximum Gasteiger partial charge on any atom is 0.273 e. The number of nitrogens with zero attached hydrogens (tertiary/aromatic N) is 4. The Bertz CT molecular complexity index is 737. The van der Waals surface area contributed by atoms with Crippen LogP contribution in [0.5, 0.6) is 0 Å². The summed E-state index contributed by atoms with van der Waals surface area (Å²) in [6.07, 6.45) is 4.81. The van der Waals surface area contributed by atoms with Gasteiger partial charge in [-0.2, -0.15) is 5.10 Å². The van der Waals surface area contributed by atoms with Gasteiger partial charge in [-0.25, -0.2) is 4.98 Å². The van der Waals surface area contributed by atoms with E-state index < -0.39 is 0 Å². The molecule has 1 fully saturated rings. The van der Waals surface area contributed by atoms with E-state index in [0.29, 0.717) is 5.69 Å². The zero-order chi connectivity index (χ0) is 18.2. The molecular weight excluding hydrogens is 334 g/mol. The molecule has 0 unspecified atom stereocenters. The number of carbonyl (C=O) groups is 1. The fourth-order valence-electron chi connectivity index (χ4n) is 3.14. The number of hydrogen-bond acceptors (Lipinski definition) is 5. The molecule has 1 N–H and O–H groups in total. The van der Waals surface area contributed by atoms with E-state index in [9.17, 15) is 4.79 Å². The van der Waals surface area contributed by atoms with Crippen LogP contribution >= 0.6 is 11.3 Å². The van der Waals surface area contributed by atoms with Gasteiger partial charge in [0, 0.05) is 35.8 Å². The van der Waals surface area contributed by atoms with Crippen LogP contribution in [0.3, 0.4) is 0 Å². The highest BCUT2D eigenvalue weighted by Crippen LogP contribution is 2.26. The van der Waals surface area contributed by atoms with Crippen LogP contribution in [0.15, 0.2) is 17.8 Å². The Hall–Kier alpha value is -1.73. The van der Waals surface area contributed by atoms with Crippen molar-refractivity contribution in [3.8, 4) is 10.6 Å². The maximum absolute atomic E-state index is 13.0. The van der Waals surface area contributed by atoms with Gasteiger partial charge in [0.1, 0.15) is 10.7 Å². The van der Waals surface area contributed by atoms with Crippen molar-refractivity contribution in [1.82, 2.24) is 25.0 Å². The monoisotopic (exact) mass is 361 g/mol. The normalized spacial score (nSPS) is 18.1. The smallest absolute Gasteiger partial charge is 0.273 e. The summed E-state index contributed by atoms with van der Waals surface area (Å²) < 4.78 is 1.93. The van der Waals surface area contributed by atoms with Gasteiger partial charge >= 0.3 is 0 Å². The largest absolute Gasteiger partial charge is 0.331 e. The molecule has 2 aromatic rings. The number of carbonyl (C=O) groups excluding carboxylic acids is 1. The molecule has 1 aliphatic rings. The van der Waals surface area contributed by atoms with E-state index in [4.69, 9.17) is 0 Å². The van der Waals surface area contributed by atoms with Crippen LogP contribution in [0.1, 0.15) is 51.5 Å². The van der Waals surface area contributed by atoms with Gasteiger partial charge < -0.3 is 10.2 Å². The summed E-state index contributed by atoms with van der Waals surface area (Å²) in [5.41, 5.74) is 1.42. The Kier molecular flexibility index (Phi) is 4.97. The van der Waals surface area contributed by atoms with Crippen LogP contribution in [0.4, 0.5) is 0 Å². The standard InChI is InChI=1S/C18H27N5OS/c1-12(2)23(14-6-7-19-9-14)17(24)15-11-25-16(21-15)13-8-20-22(10-13)18(3,4)5/h8,10-12,14,19H,6-7,9H2,1-5H3/t14-/m0/s1. The van der Waals surface area contributed by atoms with Gasteiger partial charge in [0.2, 0.25) is 0 Å². The third-order valence-corrected chi connectivity index (χ3v) is 5.35. The first-order chi connectivity index (χ1) is 11.8. The Morgan fingerprint density at radius 3 is 2.76 bits per heavy atom. The van der Waals surface area contributed by atoms with Gasteiger partial charge in [0.25, 0.3) is 5.91 Å². The molecule has 0 spiro atoms. The molecular formula is C18H27N5OS. The molecule has 3 heterocycles. The first-order valence-electron chi connectivity index (χ1n) is 8.82. The molecule has 1 aliphatic heterocycles. The lowest BCUT2D eigenvalue weighted by molar-refractivity contribution is 0.0621. The van der Waals surface area contributed by atoms with Crippen molar-refractivity contribution in [2.45, 2.75) is 58.7 Å². The molecule has 7 heteroatoms. The minimum absolute atomic E-state index is 0.0226. The van der Waals surface area contributed by atoms with E-state index in [1.54, 1.807) is 0 Å². The average Bonchev–Trinajstić information content (AvgIpc) is 3.27. The van der Waals surface area contributed by atoms with E-state index in [1.165, 1.54) is 11.3 Å². The summed E-state index contributed by atoms with van der Waals surface area (Å²) in [5.74, 6) is 0.0226. The van der Waals surface area contributed by atoms with Gasteiger partial charge in [0.15, 0.2) is 0 Å². The Morgan fingerprint density at radius 2 is 2.20 bits per heavy atom. The second kappa shape index (κ2) is 6.88. The topological polar surface area (TPSA) is 63.1 Å². The molecule has 1 saturated heterocycles. The van der Waals surface area contributed by atoms with Crippen LogP contribution in [-0.2, 0) is 5.54 Å². The van der Waals surface area contributed by atoms with Gasteiger partial charge in [-0.05, 0) is 47.6 Å². The van der Waals surface area contributed by atoms with Crippen LogP contribution in [0.2, 0.25) is 0 Å². The third kappa shape index (κ3) is 3.77. The highest BCUT2D eigenvalue weighted by atomic mass is 32.1. The van der Waals surface area contributed by atoms with Crippen LogP contribution in [-0.4, -0.2) is 50.7 Å². The highest BCUT2D eigenvalue weighted by molar-refractivity contribution is 7.13. The minimum atomic E-state index is -0.0714. The van der Waals surface area contributed by atoms with Crippen LogP contribution in [0.25, 0.3) is 10.6 Å². The molecule has 3 rings (SSSR count). The molecule has 136 valence electrons. The van der Waals surface area contributed by atoms with Crippen LogP contribution in [0, 0.1) is 0 Å². The fraction of sp³-hybridized carbons (Fsp3) is 0.611. The van der Waals surface area contributed by atoms with Gasteiger partial charge in [-0.1, -0.05) is 0 Å². The maximum atomic E-state index is 13.0. The number of amides is 1. The van der Waals surface area contributed by atoms with Crippen LogP contribution < -0.4 is 5.32 Å². The Morgan fingerprint density at radius 1 is 1.44 bits per heavy atom. The Balaban J connectivity index is 1.82. The van der Waals surface area contributed by atoms with Crippen molar-refractivity contribution < 1.29 is 4.79 Å². The van der Waals surface area contributed by atoms with Crippen molar-refractivity contribution in [3.63, 3.8) is 0 Å². The quantitative estimate of drug-likeness (QED) is 0.909. The number of thiazole rings is 1. The molecule has 25 heavy (non-hydrogen) atoms. The van der Waals surface area contributed by atoms with Crippen molar-refractivity contribution >= 4 is 17.2 Å². The molecule has 0 radical (unpaired) electrons. The molecule has 1 atom stereocenters. The molecule has 0 aliphatic carbocycles. The Labute approximate surface area is 153 Å². The van der Waals surface area contributed by atoms with Crippen molar-refractivity contribution in [2.75, 3.05) is 13.1 Å². The average molecular weight is 362 g/mol. The summed E-state index contributed by atoms with van der Waals surface area (Å²) in [7, 11) is 0. The molecule has 1 amide bonds. The highest BCUT2D eigenvalue weighted by Gasteiger charge is 2.30. The molecule has 2 aromatic heterocycles. The number of rotatable bonds is 4. The SMILES string of the molecule is CC(C)N(C(=O)c1csc(-c2cnn(C(C)(C)C)c2)n1)[C@H]1CCNC1. The van der Waals surface area contributed by atoms with Gasteiger partial charge in [0.05, 0.1) is 11.7 Å². The first kappa shape index (κ1) is 18.1. The number of hydrogen-bond donors (Lipinski definition) is 1. The lowest BCUT2D eigenvalue weighted by atomic mass is 10.1. The van der Waals surface area contributed by atoms with E-state index in [1.807, 2.05) is 27.4 Å². The lowest BCUT2D eigenvalue weighted by Crippen LogP contribution is -2.46.